The summed E-state index contributed by atoms with van der Waals surface area (Å²) in [5.41, 5.74) is 10.8. The molecule has 0 spiro atoms. The van der Waals surface area contributed by atoms with E-state index < -0.39 is 0 Å². The first kappa shape index (κ1) is 41.9. The lowest BCUT2D eigenvalue weighted by Crippen LogP contribution is -1.95. The predicted molar refractivity (Wildman–Crippen MR) is 234 cm³/mol. The van der Waals surface area contributed by atoms with Gasteiger partial charge < -0.3 is 5.41 Å². The quantitative estimate of drug-likeness (QED) is 0.0632. The molecule has 264 valence electrons. The van der Waals surface area contributed by atoms with Gasteiger partial charge in [0.05, 0.1) is 0 Å². The Bertz CT molecular complexity index is 1920. The van der Waals surface area contributed by atoms with Crippen LogP contribution in [0.15, 0.2) is 163 Å². The summed E-state index contributed by atoms with van der Waals surface area (Å²) in [6, 6.07) is 24.5. The highest BCUT2D eigenvalue weighted by Gasteiger charge is 2.18. The second kappa shape index (κ2) is 23.2. The monoisotopic (exact) mass is 673 g/mol. The fourth-order valence-electron chi connectivity index (χ4n) is 6.24. The molecular weight excluding hydrogens is 615 g/mol. The van der Waals surface area contributed by atoms with Crippen molar-refractivity contribution in [3.63, 3.8) is 0 Å². The molecule has 0 aromatic heterocycles. The lowest BCUT2D eigenvalue weighted by atomic mass is 9.83. The summed E-state index contributed by atoms with van der Waals surface area (Å²) in [5, 5.41) is 12.9. The molecule has 0 heterocycles. The van der Waals surface area contributed by atoms with E-state index in [1.165, 1.54) is 66.7 Å². The smallest absolute Gasteiger partial charge is 0.0183 e. The molecule has 0 fully saturated rings. The third-order valence-corrected chi connectivity index (χ3v) is 8.37. The second-order valence-electron chi connectivity index (χ2n) is 11.7. The van der Waals surface area contributed by atoms with E-state index in [9.17, 15) is 0 Å². The predicted octanol–water partition coefficient (Wildman–Crippen LogP) is 15.6. The summed E-state index contributed by atoms with van der Waals surface area (Å²) in [7, 11) is 0. The van der Waals surface area contributed by atoms with Crippen molar-refractivity contribution >= 4 is 39.4 Å². The van der Waals surface area contributed by atoms with Gasteiger partial charge in [-0.1, -0.05) is 162 Å². The number of rotatable bonds is 13. The zero-order valence-corrected chi connectivity index (χ0v) is 32.4. The minimum absolute atomic E-state index is 0.952. The van der Waals surface area contributed by atoms with Crippen molar-refractivity contribution in [2.24, 2.45) is 0 Å². The van der Waals surface area contributed by atoms with Gasteiger partial charge in [-0.2, -0.15) is 0 Å². The first-order chi connectivity index (χ1) is 25.0. The van der Waals surface area contributed by atoms with Crippen LogP contribution in [-0.4, -0.2) is 6.21 Å². The summed E-state index contributed by atoms with van der Waals surface area (Å²) < 4.78 is 0. The number of hydrogen-bond donors (Lipinski definition) is 1. The number of fused-ring (bicyclic) bond motifs is 2. The maximum atomic E-state index is 7.92. The van der Waals surface area contributed by atoms with E-state index in [2.05, 4.69) is 188 Å². The Kier molecular flexibility index (Phi) is 19.1. The van der Waals surface area contributed by atoms with Crippen LogP contribution in [0.5, 0.6) is 0 Å². The third kappa shape index (κ3) is 10.9. The van der Waals surface area contributed by atoms with E-state index in [4.69, 9.17) is 5.41 Å². The number of allylic oxidation sites excluding steroid dienone is 15. The Morgan fingerprint density at radius 2 is 1.33 bits per heavy atom. The molecule has 0 saturated carbocycles. The van der Waals surface area contributed by atoms with E-state index in [1.54, 1.807) is 0 Å². The van der Waals surface area contributed by atoms with Crippen molar-refractivity contribution in [2.45, 2.75) is 74.7 Å². The largest absolute Gasteiger partial charge is 0.309 e. The van der Waals surface area contributed by atoms with Gasteiger partial charge in [0.15, 0.2) is 0 Å². The summed E-state index contributed by atoms with van der Waals surface area (Å²) in [4.78, 5) is 0. The minimum atomic E-state index is 0.952. The molecular formula is C50H59N. The van der Waals surface area contributed by atoms with Crippen LogP contribution < -0.4 is 0 Å². The van der Waals surface area contributed by atoms with Gasteiger partial charge in [-0.05, 0) is 124 Å². The van der Waals surface area contributed by atoms with E-state index >= 15 is 0 Å². The topological polar surface area (TPSA) is 23.9 Å². The van der Waals surface area contributed by atoms with Crippen molar-refractivity contribution in [2.75, 3.05) is 0 Å². The lowest BCUT2D eigenvalue weighted by Gasteiger charge is -2.20. The fraction of sp³-hybridized carbons (Fsp3) is 0.220. The van der Waals surface area contributed by atoms with E-state index in [0.29, 0.717) is 0 Å². The lowest BCUT2D eigenvalue weighted by molar-refractivity contribution is 0.918. The van der Waals surface area contributed by atoms with Crippen LogP contribution >= 0.6 is 0 Å². The number of aryl methyl sites for hydroxylation is 1. The van der Waals surface area contributed by atoms with Gasteiger partial charge in [-0.25, -0.2) is 0 Å². The van der Waals surface area contributed by atoms with Crippen molar-refractivity contribution in [3.05, 3.63) is 180 Å². The first-order valence-electron chi connectivity index (χ1n) is 18.4. The molecule has 0 aliphatic carbocycles. The molecule has 1 nitrogen and oxygen atoms in total. The summed E-state index contributed by atoms with van der Waals surface area (Å²) in [6.45, 7) is 22.8. The molecule has 4 rings (SSSR count). The average Bonchev–Trinajstić information content (AvgIpc) is 3.17. The molecule has 0 radical (unpaired) electrons. The molecule has 4 aromatic rings. The van der Waals surface area contributed by atoms with Crippen molar-refractivity contribution < 1.29 is 0 Å². The van der Waals surface area contributed by atoms with Gasteiger partial charge in [-0.3, -0.25) is 0 Å². The highest BCUT2D eigenvalue weighted by Crippen LogP contribution is 2.43. The molecule has 0 amide bonds. The highest BCUT2D eigenvalue weighted by atomic mass is 14.3. The van der Waals surface area contributed by atoms with Crippen LogP contribution in [0.3, 0.4) is 0 Å². The van der Waals surface area contributed by atoms with Crippen LogP contribution in [0.25, 0.3) is 44.3 Å². The van der Waals surface area contributed by atoms with Crippen molar-refractivity contribution in [1.82, 2.24) is 0 Å². The standard InChI is InChI=1S/C46H49N.C2H6.C2H4/c1-7-12-13-22-35(18-8-2)36(31-32-47)29-30-37(19-9-3)40(21-11-5)46-43-25-16-14-23-41(43)45(42-24-15-17-26-44(42)46)39-28-27-34(6)38(33-39)20-10-4;2*1-2/h9-17,19-33,47H,7-8,18H2,1-6H3;1-2H3;1-2H2/b13-12-,19-9-,20-10-,21-11-,30-29+,35-22+,36-31+,40-37+,47-32?;;. The van der Waals surface area contributed by atoms with Crippen molar-refractivity contribution in [1.29, 1.82) is 5.41 Å². The van der Waals surface area contributed by atoms with Gasteiger partial charge in [0.1, 0.15) is 0 Å². The maximum Gasteiger partial charge on any atom is 0.0183 e. The van der Waals surface area contributed by atoms with Gasteiger partial charge in [0.2, 0.25) is 0 Å². The SMILES string of the molecule is C=C.CC.C\C=C/C(/C=C/C(=C\C=N)C(=C/C=C\CC)/CCC)=C(/C=C\C)c1c2ccccc2c(-c2ccc(C)c(/C=C\C)c2)c2ccccc12. The minimum Gasteiger partial charge on any atom is -0.309 e. The van der Waals surface area contributed by atoms with Gasteiger partial charge in [0, 0.05) is 6.21 Å². The van der Waals surface area contributed by atoms with Gasteiger partial charge in [0.25, 0.3) is 0 Å². The van der Waals surface area contributed by atoms with Crippen LogP contribution in [0, 0.1) is 12.3 Å². The van der Waals surface area contributed by atoms with E-state index in [0.717, 1.165) is 30.4 Å². The number of hydrogen-bond acceptors (Lipinski definition) is 1. The summed E-state index contributed by atoms with van der Waals surface area (Å²) in [6.07, 6.45) is 30.2. The molecule has 1 N–H and O–H groups in total. The molecule has 0 aliphatic heterocycles. The van der Waals surface area contributed by atoms with Crippen LogP contribution in [0.2, 0.25) is 0 Å². The molecule has 0 aliphatic rings. The highest BCUT2D eigenvalue weighted by molar-refractivity contribution is 6.20. The molecule has 4 aromatic carbocycles. The Morgan fingerprint density at radius 3 is 1.86 bits per heavy atom. The Balaban J connectivity index is 0.00000217. The van der Waals surface area contributed by atoms with E-state index in [1.807, 2.05) is 19.9 Å². The van der Waals surface area contributed by atoms with Gasteiger partial charge >= 0.3 is 0 Å². The summed E-state index contributed by atoms with van der Waals surface area (Å²) >= 11 is 0. The third-order valence-electron chi connectivity index (χ3n) is 8.37. The van der Waals surface area contributed by atoms with Crippen molar-refractivity contribution in [3.8, 4) is 11.1 Å². The molecule has 0 saturated heterocycles. The van der Waals surface area contributed by atoms with Crippen LogP contribution in [0.4, 0.5) is 0 Å². The van der Waals surface area contributed by atoms with Gasteiger partial charge in [-0.15, -0.1) is 13.2 Å². The Labute approximate surface area is 309 Å². The molecule has 51 heavy (non-hydrogen) atoms. The Hall–Kier alpha value is -5.27. The zero-order chi connectivity index (χ0) is 37.6. The van der Waals surface area contributed by atoms with Crippen LogP contribution in [-0.2, 0) is 0 Å². The second-order valence-corrected chi connectivity index (χ2v) is 11.7. The maximum absolute atomic E-state index is 7.92. The van der Waals surface area contributed by atoms with E-state index in [-0.39, 0.29) is 0 Å². The number of nitrogens with one attached hydrogen (secondary N) is 1. The first-order valence-corrected chi connectivity index (χ1v) is 18.4. The fourth-order valence-corrected chi connectivity index (χ4v) is 6.24. The molecule has 0 bridgehead atoms. The normalized spacial score (nSPS) is 12.9. The average molecular weight is 674 g/mol. The molecule has 1 heteroatoms. The number of benzene rings is 4. The van der Waals surface area contributed by atoms with Crippen LogP contribution in [0.1, 0.15) is 84.4 Å². The zero-order valence-electron chi connectivity index (χ0n) is 32.4. The molecule has 0 atom stereocenters. The molecule has 0 unspecified atom stereocenters. The summed E-state index contributed by atoms with van der Waals surface area (Å²) in [5.74, 6) is 0. The Morgan fingerprint density at radius 1 is 0.725 bits per heavy atom.